The first-order valence-electron chi connectivity index (χ1n) is 9.04. The molecule has 9 heteroatoms. The largest absolute Gasteiger partial charge is 0.394 e. The quantitative estimate of drug-likeness (QED) is 0.635. The smallest absolute Gasteiger partial charge is 0.251 e. The van der Waals surface area contributed by atoms with Crippen molar-refractivity contribution >= 4 is 5.91 Å². The van der Waals surface area contributed by atoms with Gasteiger partial charge in [0.15, 0.2) is 0 Å². The zero-order chi connectivity index (χ0) is 21.0. The van der Waals surface area contributed by atoms with Crippen molar-refractivity contribution in [3.05, 3.63) is 59.8 Å². The van der Waals surface area contributed by atoms with Crippen molar-refractivity contribution in [3.8, 4) is 16.9 Å². The lowest BCUT2D eigenvalue weighted by molar-refractivity contribution is 0.0922. The van der Waals surface area contributed by atoms with Crippen molar-refractivity contribution in [2.24, 2.45) is 0 Å². The van der Waals surface area contributed by atoms with Crippen molar-refractivity contribution in [1.82, 2.24) is 25.1 Å². The fourth-order valence-corrected chi connectivity index (χ4v) is 2.76. The number of hydrogen-bond donors (Lipinski definition) is 2. The minimum atomic E-state index is -2.58. The highest BCUT2D eigenvalue weighted by molar-refractivity contribution is 5.96. The maximum absolute atomic E-state index is 12.9. The van der Waals surface area contributed by atoms with Crippen LogP contribution in [0.4, 0.5) is 8.78 Å². The first kappa shape index (κ1) is 20.5. The van der Waals surface area contributed by atoms with E-state index in [4.69, 9.17) is 0 Å². The number of halogens is 2. The van der Waals surface area contributed by atoms with Gasteiger partial charge in [-0.1, -0.05) is 6.07 Å². The van der Waals surface area contributed by atoms with Crippen LogP contribution in [0, 0.1) is 6.92 Å². The average molecular weight is 401 g/mol. The monoisotopic (exact) mass is 401 g/mol. The summed E-state index contributed by atoms with van der Waals surface area (Å²) < 4.78 is 27.1. The van der Waals surface area contributed by atoms with Gasteiger partial charge in [0, 0.05) is 23.4 Å². The summed E-state index contributed by atoms with van der Waals surface area (Å²) in [6.07, 6.45) is -0.237. The Morgan fingerprint density at radius 2 is 2.03 bits per heavy atom. The molecule has 0 saturated heterocycles. The van der Waals surface area contributed by atoms with E-state index < -0.39 is 24.8 Å². The maximum atomic E-state index is 12.9. The highest BCUT2D eigenvalue weighted by Gasteiger charge is 2.17. The molecule has 0 fully saturated rings. The summed E-state index contributed by atoms with van der Waals surface area (Å²) in [6.45, 7) is 3.37. The number of aliphatic hydroxyl groups excluding tert-OH is 1. The minimum absolute atomic E-state index is 0.0871. The predicted molar refractivity (Wildman–Crippen MR) is 103 cm³/mol. The van der Waals surface area contributed by atoms with Crippen LogP contribution >= 0.6 is 0 Å². The molecule has 0 saturated carbocycles. The minimum Gasteiger partial charge on any atom is -0.394 e. The van der Waals surface area contributed by atoms with Crippen molar-refractivity contribution in [3.63, 3.8) is 0 Å². The van der Waals surface area contributed by atoms with Gasteiger partial charge in [0.1, 0.15) is 12.2 Å². The van der Waals surface area contributed by atoms with Gasteiger partial charge in [-0.25, -0.2) is 18.4 Å². The van der Waals surface area contributed by atoms with Crippen LogP contribution in [0.1, 0.15) is 28.7 Å². The number of rotatable bonds is 7. The number of nitrogens with one attached hydrogen (secondary N) is 1. The number of carbonyl (C=O) groups excluding carboxylic acids is 1. The van der Waals surface area contributed by atoms with E-state index in [2.05, 4.69) is 20.4 Å². The molecule has 1 amide bonds. The van der Waals surface area contributed by atoms with Gasteiger partial charge in [0.2, 0.25) is 6.43 Å². The number of pyridine rings is 1. The first-order chi connectivity index (χ1) is 13.9. The molecule has 1 aromatic carbocycles. The summed E-state index contributed by atoms with van der Waals surface area (Å²) in [5.74, 6) is -0.318. The van der Waals surface area contributed by atoms with Crippen molar-refractivity contribution in [2.75, 3.05) is 6.61 Å². The average Bonchev–Trinajstić information content (AvgIpc) is 3.15. The highest BCUT2D eigenvalue weighted by Crippen LogP contribution is 2.24. The number of aryl methyl sites for hydroxylation is 1. The summed E-state index contributed by atoms with van der Waals surface area (Å²) in [5.41, 5.74) is 2.94. The molecule has 7 nitrogen and oxygen atoms in total. The van der Waals surface area contributed by atoms with E-state index in [1.165, 1.54) is 11.0 Å². The number of aromatic nitrogens is 4. The Bertz CT molecular complexity index is 989. The van der Waals surface area contributed by atoms with Gasteiger partial charge in [-0.15, -0.1) is 0 Å². The fraction of sp³-hybridized carbons (Fsp3) is 0.300. The Kier molecular flexibility index (Phi) is 6.28. The molecular weight excluding hydrogens is 380 g/mol. The molecule has 2 heterocycles. The molecule has 2 N–H and O–H groups in total. The molecule has 0 bridgehead atoms. The van der Waals surface area contributed by atoms with E-state index in [1.54, 1.807) is 31.3 Å². The lowest BCUT2D eigenvalue weighted by atomic mass is 10.0. The SMILES string of the molecule is Cc1ccc(-c2cc(C(=O)NC(C)CO)cc(-n3ncnc3CC(F)F)c2)nc1. The summed E-state index contributed by atoms with van der Waals surface area (Å²) in [5, 5.41) is 15.9. The zero-order valence-corrected chi connectivity index (χ0v) is 16.0. The number of carbonyl (C=O) groups is 1. The van der Waals surface area contributed by atoms with E-state index in [9.17, 15) is 18.7 Å². The standard InChI is InChI=1S/C20H21F2N5O2/c1-12-3-4-17(23-9-12)14-5-15(20(29)26-13(2)10-28)7-16(6-14)27-19(8-18(21)22)24-11-25-27/h3-7,9,11,13,18,28H,8,10H2,1-2H3,(H,26,29). The third-order valence-corrected chi connectivity index (χ3v) is 4.24. The molecule has 0 radical (unpaired) electrons. The van der Waals surface area contributed by atoms with Gasteiger partial charge in [-0.3, -0.25) is 9.78 Å². The van der Waals surface area contributed by atoms with Crippen LogP contribution in [-0.2, 0) is 6.42 Å². The van der Waals surface area contributed by atoms with Crippen LogP contribution in [0.25, 0.3) is 16.9 Å². The van der Waals surface area contributed by atoms with Gasteiger partial charge in [0.25, 0.3) is 5.91 Å². The van der Waals surface area contributed by atoms with E-state index in [0.717, 1.165) is 5.56 Å². The van der Waals surface area contributed by atoms with Gasteiger partial charge in [0.05, 0.1) is 24.4 Å². The molecular formula is C20H21F2N5O2. The van der Waals surface area contributed by atoms with Crippen LogP contribution in [0.3, 0.4) is 0 Å². The predicted octanol–water partition coefficient (Wildman–Crippen LogP) is 2.56. The maximum Gasteiger partial charge on any atom is 0.251 e. The van der Waals surface area contributed by atoms with Crippen LogP contribution in [0.2, 0.25) is 0 Å². The Morgan fingerprint density at radius 1 is 1.24 bits per heavy atom. The summed E-state index contributed by atoms with van der Waals surface area (Å²) in [4.78, 5) is 20.9. The van der Waals surface area contributed by atoms with Crippen molar-refractivity contribution < 1.29 is 18.7 Å². The first-order valence-corrected chi connectivity index (χ1v) is 9.04. The lowest BCUT2D eigenvalue weighted by Crippen LogP contribution is -2.35. The van der Waals surface area contributed by atoms with E-state index in [0.29, 0.717) is 22.5 Å². The van der Waals surface area contributed by atoms with Gasteiger partial charge in [-0.2, -0.15) is 5.10 Å². The number of nitrogens with zero attached hydrogens (tertiary/aromatic N) is 4. The topological polar surface area (TPSA) is 92.9 Å². The van der Waals surface area contributed by atoms with E-state index in [-0.39, 0.29) is 12.4 Å². The van der Waals surface area contributed by atoms with Crippen LogP contribution in [0.5, 0.6) is 0 Å². The molecule has 152 valence electrons. The second-order valence-corrected chi connectivity index (χ2v) is 6.73. The fourth-order valence-electron chi connectivity index (χ4n) is 2.76. The number of alkyl halides is 2. The second-order valence-electron chi connectivity index (χ2n) is 6.73. The van der Waals surface area contributed by atoms with E-state index >= 15 is 0 Å². The molecule has 0 spiro atoms. The number of hydrogen-bond acceptors (Lipinski definition) is 5. The molecule has 29 heavy (non-hydrogen) atoms. The molecule has 2 aromatic heterocycles. The third-order valence-electron chi connectivity index (χ3n) is 4.24. The summed E-state index contributed by atoms with van der Waals surface area (Å²) in [6, 6.07) is 8.18. The zero-order valence-electron chi connectivity index (χ0n) is 16.0. The molecule has 0 aliphatic carbocycles. The Hall–Kier alpha value is -3.20. The van der Waals surface area contributed by atoms with E-state index in [1.807, 2.05) is 19.1 Å². The van der Waals surface area contributed by atoms with Gasteiger partial charge < -0.3 is 10.4 Å². The number of benzene rings is 1. The molecule has 0 aliphatic heterocycles. The molecule has 3 aromatic rings. The Labute approximate surface area is 166 Å². The van der Waals surface area contributed by atoms with Crippen molar-refractivity contribution in [2.45, 2.75) is 32.7 Å². The van der Waals surface area contributed by atoms with Crippen molar-refractivity contribution in [1.29, 1.82) is 0 Å². The van der Waals surface area contributed by atoms with Gasteiger partial charge in [-0.05, 0) is 43.7 Å². The normalized spacial score (nSPS) is 12.2. The van der Waals surface area contributed by atoms with Gasteiger partial charge >= 0.3 is 0 Å². The molecule has 0 aliphatic rings. The Balaban J connectivity index is 2.09. The molecule has 1 atom stereocenters. The number of aliphatic hydroxyl groups is 1. The van der Waals surface area contributed by atoms with Crippen LogP contribution in [-0.4, -0.2) is 49.8 Å². The molecule has 3 rings (SSSR count). The number of amides is 1. The molecule has 1 unspecified atom stereocenters. The Morgan fingerprint density at radius 3 is 2.69 bits per heavy atom. The van der Waals surface area contributed by atoms with Crippen LogP contribution < -0.4 is 5.32 Å². The second kappa shape index (κ2) is 8.87. The summed E-state index contributed by atoms with van der Waals surface area (Å²) >= 11 is 0. The third kappa shape index (κ3) is 5.00. The summed E-state index contributed by atoms with van der Waals surface area (Å²) in [7, 11) is 0. The lowest BCUT2D eigenvalue weighted by Gasteiger charge is -2.14. The van der Waals surface area contributed by atoms with Crippen LogP contribution in [0.15, 0.2) is 42.9 Å². The highest BCUT2D eigenvalue weighted by atomic mass is 19.3.